The molecule has 25 heavy (non-hydrogen) atoms. The van der Waals surface area contributed by atoms with Gasteiger partial charge in [-0.1, -0.05) is 45.0 Å². The summed E-state index contributed by atoms with van der Waals surface area (Å²) >= 11 is 0. The minimum Gasteiger partial charge on any atom is -0.394 e. The number of aliphatic hydroxyl groups excluding tert-OH is 1. The van der Waals surface area contributed by atoms with Crippen LogP contribution >= 0.6 is 0 Å². The Morgan fingerprint density at radius 3 is 2.56 bits per heavy atom. The minimum atomic E-state index is -0.743. The van der Waals surface area contributed by atoms with Gasteiger partial charge in [0, 0.05) is 5.41 Å². The Balaban J connectivity index is 1.72. The highest BCUT2D eigenvalue weighted by molar-refractivity contribution is 5.89. The van der Waals surface area contributed by atoms with Crippen molar-refractivity contribution >= 4 is 11.7 Å². The van der Waals surface area contributed by atoms with Crippen LogP contribution in [0.1, 0.15) is 44.1 Å². The van der Waals surface area contributed by atoms with Gasteiger partial charge in [-0.25, -0.2) is 14.8 Å². The van der Waals surface area contributed by atoms with E-state index in [0.717, 1.165) is 23.4 Å². The molecule has 0 saturated heterocycles. The van der Waals surface area contributed by atoms with Gasteiger partial charge in [-0.05, 0) is 24.0 Å². The summed E-state index contributed by atoms with van der Waals surface area (Å²) in [6, 6.07) is 7.51. The zero-order valence-electron chi connectivity index (χ0n) is 14.8. The number of amides is 2. The number of nitrogens with zero attached hydrogens (tertiary/aromatic N) is 2. The van der Waals surface area contributed by atoms with Gasteiger partial charge < -0.3 is 15.7 Å². The maximum absolute atomic E-state index is 12.4. The maximum atomic E-state index is 12.4. The Hall–Kier alpha value is -2.47. The van der Waals surface area contributed by atoms with Crippen molar-refractivity contribution in [2.75, 3.05) is 11.9 Å². The van der Waals surface area contributed by atoms with Gasteiger partial charge in [0.1, 0.15) is 5.82 Å². The second-order valence-electron chi connectivity index (χ2n) is 7.52. The summed E-state index contributed by atoms with van der Waals surface area (Å²) < 4.78 is 0. The van der Waals surface area contributed by atoms with Crippen molar-refractivity contribution < 1.29 is 9.90 Å². The van der Waals surface area contributed by atoms with Gasteiger partial charge >= 0.3 is 6.03 Å². The molecule has 0 radical (unpaired) electrons. The fourth-order valence-corrected chi connectivity index (χ4v) is 3.18. The number of anilines is 1. The van der Waals surface area contributed by atoms with Gasteiger partial charge in [0.2, 0.25) is 0 Å². The normalized spacial score (nSPS) is 19.4. The molecule has 2 amide bonds. The molecule has 132 valence electrons. The lowest BCUT2D eigenvalue weighted by Gasteiger charge is -2.29. The van der Waals surface area contributed by atoms with E-state index >= 15 is 0 Å². The molecule has 0 saturated carbocycles. The molecule has 3 N–H and O–H groups in total. The Morgan fingerprint density at radius 1 is 1.24 bits per heavy atom. The molecule has 3 rings (SSSR count). The van der Waals surface area contributed by atoms with Crippen LogP contribution in [0.2, 0.25) is 0 Å². The number of hydrogen-bond acceptors (Lipinski definition) is 4. The molecule has 1 aromatic heterocycles. The summed E-state index contributed by atoms with van der Waals surface area (Å²) in [4.78, 5) is 21.0. The van der Waals surface area contributed by atoms with Crippen molar-refractivity contribution in [3.8, 4) is 0 Å². The molecule has 0 spiro atoms. The number of rotatable bonds is 3. The van der Waals surface area contributed by atoms with Gasteiger partial charge in [0.25, 0.3) is 0 Å². The van der Waals surface area contributed by atoms with Gasteiger partial charge in [0.05, 0.1) is 30.2 Å². The Labute approximate surface area is 147 Å². The van der Waals surface area contributed by atoms with Gasteiger partial charge in [0.15, 0.2) is 0 Å². The fourth-order valence-electron chi connectivity index (χ4n) is 3.18. The number of urea groups is 1. The Kier molecular flexibility index (Phi) is 4.47. The molecule has 1 atom stereocenters. The van der Waals surface area contributed by atoms with Crippen LogP contribution in [0.25, 0.3) is 0 Å². The lowest BCUT2D eigenvalue weighted by Crippen LogP contribution is -2.48. The number of hydrogen-bond donors (Lipinski definition) is 3. The second-order valence-corrected chi connectivity index (χ2v) is 7.52. The van der Waals surface area contributed by atoms with Crippen LogP contribution in [-0.4, -0.2) is 27.7 Å². The van der Waals surface area contributed by atoms with Crippen molar-refractivity contribution in [3.05, 3.63) is 53.6 Å². The van der Waals surface area contributed by atoms with Crippen molar-refractivity contribution in [3.63, 3.8) is 0 Å². The Morgan fingerprint density at radius 2 is 1.92 bits per heavy atom. The molecule has 1 unspecified atom stereocenters. The molecule has 0 aliphatic heterocycles. The predicted molar refractivity (Wildman–Crippen MR) is 96.4 cm³/mol. The Bertz CT molecular complexity index is 768. The van der Waals surface area contributed by atoms with Crippen LogP contribution in [0.3, 0.4) is 0 Å². The van der Waals surface area contributed by atoms with E-state index in [1.807, 2.05) is 45.0 Å². The summed E-state index contributed by atoms with van der Waals surface area (Å²) in [7, 11) is 0. The van der Waals surface area contributed by atoms with Crippen LogP contribution in [0.5, 0.6) is 0 Å². The number of fused-ring (bicyclic) bond motifs is 1. The van der Waals surface area contributed by atoms with Crippen molar-refractivity contribution in [1.82, 2.24) is 15.3 Å². The first kappa shape index (κ1) is 17.4. The van der Waals surface area contributed by atoms with Crippen molar-refractivity contribution in [2.24, 2.45) is 0 Å². The summed E-state index contributed by atoms with van der Waals surface area (Å²) in [6.07, 6.45) is 4.71. The van der Waals surface area contributed by atoms with Crippen molar-refractivity contribution in [2.45, 2.75) is 44.6 Å². The quantitative estimate of drug-likeness (QED) is 0.802. The number of benzene rings is 1. The molecule has 1 heterocycles. The molecule has 1 aliphatic rings. The highest BCUT2D eigenvalue weighted by atomic mass is 16.3. The maximum Gasteiger partial charge on any atom is 0.320 e. The fraction of sp³-hybridized carbons (Fsp3) is 0.421. The van der Waals surface area contributed by atoms with E-state index < -0.39 is 5.54 Å². The summed E-state index contributed by atoms with van der Waals surface area (Å²) in [5.41, 5.74) is 1.77. The van der Waals surface area contributed by atoms with E-state index in [4.69, 9.17) is 0 Å². The monoisotopic (exact) mass is 340 g/mol. The molecule has 1 aromatic carbocycles. The van der Waals surface area contributed by atoms with E-state index in [0.29, 0.717) is 12.1 Å². The van der Waals surface area contributed by atoms with E-state index in [1.165, 1.54) is 0 Å². The first-order chi connectivity index (χ1) is 11.8. The average Bonchev–Trinajstić information content (AvgIpc) is 2.94. The smallest absolute Gasteiger partial charge is 0.320 e. The first-order valence-corrected chi connectivity index (χ1v) is 8.45. The summed E-state index contributed by atoms with van der Waals surface area (Å²) in [5, 5.41) is 15.6. The lowest BCUT2D eigenvalue weighted by molar-refractivity contribution is 0.164. The van der Waals surface area contributed by atoms with E-state index in [2.05, 4.69) is 20.6 Å². The van der Waals surface area contributed by atoms with E-state index in [1.54, 1.807) is 12.4 Å². The van der Waals surface area contributed by atoms with Crippen LogP contribution in [0.4, 0.5) is 10.5 Å². The third-order valence-electron chi connectivity index (χ3n) is 4.56. The van der Waals surface area contributed by atoms with Crippen LogP contribution < -0.4 is 10.6 Å². The molecule has 6 heteroatoms. The van der Waals surface area contributed by atoms with Crippen LogP contribution in [-0.2, 0) is 17.4 Å². The number of nitrogens with one attached hydrogen (secondary N) is 2. The summed E-state index contributed by atoms with van der Waals surface area (Å²) in [5.74, 6) is 0.718. The molecular formula is C19H24N4O2. The largest absolute Gasteiger partial charge is 0.394 e. The van der Waals surface area contributed by atoms with E-state index in [9.17, 15) is 9.90 Å². The van der Waals surface area contributed by atoms with Gasteiger partial charge in [-0.2, -0.15) is 0 Å². The van der Waals surface area contributed by atoms with E-state index in [-0.39, 0.29) is 18.1 Å². The lowest BCUT2D eigenvalue weighted by atomic mass is 9.93. The predicted octanol–water partition coefficient (Wildman–Crippen LogP) is 2.73. The zero-order valence-corrected chi connectivity index (χ0v) is 14.8. The molecule has 0 bridgehead atoms. The third-order valence-corrected chi connectivity index (χ3v) is 4.56. The zero-order chi connectivity index (χ0) is 18.1. The topological polar surface area (TPSA) is 87.1 Å². The number of aryl methyl sites for hydroxylation is 1. The summed E-state index contributed by atoms with van der Waals surface area (Å²) in [6.45, 7) is 5.96. The SMILES string of the molecule is CC(C)(C)c1ncc(NC(=O)NC2(CO)CCc3ccccc32)cn1. The molecule has 2 aromatic rings. The standard InChI is InChI=1S/C19H24N4O2/c1-18(2,3)16-20-10-14(11-21-16)22-17(25)23-19(12-24)9-8-13-6-4-5-7-15(13)19/h4-7,10-11,24H,8-9,12H2,1-3H3,(H2,22,23,25). The van der Waals surface area contributed by atoms with Crippen molar-refractivity contribution in [1.29, 1.82) is 0 Å². The van der Waals surface area contributed by atoms with Crippen LogP contribution in [0, 0.1) is 0 Å². The number of carbonyl (C=O) groups excluding carboxylic acids is 1. The second kappa shape index (κ2) is 6.44. The molecule has 1 aliphatic carbocycles. The van der Waals surface area contributed by atoms with Crippen LogP contribution in [0.15, 0.2) is 36.7 Å². The highest BCUT2D eigenvalue weighted by Gasteiger charge is 2.39. The molecule has 0 fully saturated rings. The third kappa shape index (κ3) is 3.49. The molecular weight excluding hydrogens is 316 g/mol. The first-order valence-electron chi connectivity index (χ1n) is 8.45. The number of carbonyl (C=O) groups is 1. The van der Waals surface area contributed by atoms with Gasteiger partial charge in [-0.3, -0.25) is 0 Å². The number of aromatic nitrogens is 2. The minimum absolute atomic E-state index is 0.142. The highest BCUT2D eigenvalue weighted by Crippen LogP contribution is 2.36. The average molecular weight is 340 g/mol. The number of aliphatic hydroxyl groups is 1. The molecule has 6 nitrogen and oxygen atoms in total. The van der Waals surface area contributed by atoms with Gasteiger partial charge in [-0.15, -0.1) is 0 Å².